The number of aromatic hydroxyl groups is 1. The van der Waals surface area contributed by atoms with E-state index in [2.05, 4.69) is 57.0 Å². The Balaban J connectivity index is 1.67. The van der Waals surface area contributed by atoms with E-state index in [9.17, 15) is 42.8 Å². The number of aryl methyl sites for hydroxylation is 2. The standard InChI is InChI=1S/C48H62N14O10S/c1-25-38(26(2)58-41(57-25)29-9-11-31(12-10-29)48(4,5)6)44(66)61-35(24-56-73(53,69)70)46(68)62(7)39-30-22-33(40(63)37(23-30)72-19-17-55-47(51)52)32-20-28(8-13-36(32)71-18-15-50)21-34(43(65)54-16-14-49)60-42(64)27(3)59-45(39)67/h8-13,20,22-23,27,34-35,39,56,63H,15-19,21,24,50H2,1-7H3,(H,54,65)(H,59,67)(H,60,64)(H,61,66)(H4,51,52,55)(H2,53,69,70)/t27-,34-,35-,39-/m0/s1. The Morgan fingerprint density at radius 3 is 2.23 bits per heavy atom. The molecule has 0 spiro atoms. The fraction of sp³-hybridized carbons (Fsp3) is 0.396. The second-order valence-corrected chi connectivity index (χ2v) is 19.5. The maximum Gasteiger partial charge on any atom is 0.274 e. The number of nitrogens with two attached hydrogens (primary N) is 4. The number of guanidine groups is 1. The molecular formula is C48H62N14O10S. The summed E-state index contributed by atoms with van der Waals surface area (Å²) in [5.41, 5.74) is 19.5. The highest BCUT2D eigenvalue weighted by atomic mass is 32.2. The number of rotatable bonds is 17. The van der Waals surface area contributed by atoms with E-state index in [1.165, 1.54) is 26.1 Å². The molecule has 0 fully saturated rings. The van der Waals surface area contributed by atoms with Gasteiger partial charge in [-0.25, -0.2) is 15.1 Å². The predicted molar refractivity (Wildman–Crippen MR) is 270 cm³/mol. The van der Waals surface area contributed by atoms with Crippen molar-refractivity contribution >= 4 is 45.7 Å². The highest BCUT2D eigenvalue weighted by Gasteiger charge is 2.38. The molecular weight excluding hydrogens is 965 g/mol. The molecule has 0 aliphatic carbocycles. The number of nitrogens with zero attached hydrogens (tertiary/aromatic N) is 5. The number of likely N-dealkylation sites (N-methyl/N-ethyl adjacent to an activating group) is 1. The zero-order valence-electron chi connectivity index (χ0n) is 41.5. The van der Waals surface area contributed by atoms with E-state index >= 15 is 0 Å². The third-order valence-electron chi connectivity index (χ3n) is 11.5. The van der Waals surface area contributed by atoms with Gasteiger partial charge in [0.25, 0.3) is 16.1 Å². The lowest BCUT2D eigenvalue weighted by molar-refractivity contribution is -0.141. The molecule has 14 N–H and O–H groups in total. The minimum absolute atomic E-state index is 0.00448. The average molecular weight is 1030 g/mol. The Morgan fingerprint density at radius 1 is 0.973 bits per heavy atom. The second-order valence-electron chi connectivity index (χ2n) is 18.1. The number of phenolic OH excluding ortho intramolecular Hbond substituents is 1. The van der Waals surface area contributed by atoms with Gasteiger partial charge >= 0.3 is 0 Å². The van der Waals surface area contributed by atoms with Crippen LogP contribution >= 0.6 is 0 Å². The fourth-order valence-electron chi connectivity index (χ4n) is 7.84. The van der Waals surface area contributed by atoms with Gasteiger partial charge in [0.05, 0.1) is 29.6 Å². The molecule has 1 aliphatic heterocycles. The van der Waals surface area contributed by atoms with Crippen molar-refractivity contribution in [3.63, 3.8) is 0 Å². The molecule has 5 rings (SSSR count). The summed E-state index contributed by atoms with van der Waals surface area (Å²) in [4.78, 5) is 85.3. The number of benzene rings is 3. The van der Waals surface area contributed by atoms with Crippen LogP contribution in [-0.2, 0) is 41.2 Å². The number of aromatic nitrogens is 2. The lowest BCUT2D eigenvalue weighted by atomic mass is 9.86. The highest BCUT2D eigenvalue weighted by Crippen LogP contribution is 2.44. The molecule has 0 radical (unpaired) electrons. The minimum Gasteiger partial charge on any atom is -0.504 e. The lowest BCUT2D eigenvalue weighted by Crippen LogP contribution is -2.57. The average Bonchev–Trinajstić information content (AvgIpc) is 3.32. The number of fused-ring (bicyclic) bond motifs is 5. The number of hydrogen-bond donors (Lipinski definition) is 10. The molecule has 0 saturated carbocycles. The lowest BCUT2D eigenvalue weighted by Gasteiger charge is -2.33. The summed E-state index contributed by atoms with van der Waals surface area (Å²) in [6, 6.07) is 10.6. The fourth-order valence-corrected chi connectivity index (χ4v) is 8.24. The molecule has 1 aromatic heterocycles. The molecule has 25 heteroatoms. The van der Waals surface area contributed by atoms with E-state index in [0.717, 1.165) is 10.5 Å². The SMILES string of the molecule is Cc1nc(-c2ccc(C(C)(C)C)cc2)nc(C)c1C(=O)N[C@@H](CNS(N)(=O)=O)C(=O)N(C)[C@@H]1C(=O)N[C@@H](C)C(=O)N[C@H](C(=O)NCC#N)Cc2ccc(OCCN)c(c2)-c2cc1cc(OCCN=C(N)N)c2O. The van der Waals surface area contributed by atoms with E-state index in [4.69, 9.17) is 31.8 Å². The molecule has 1 aliphatic rings. The van der Waals surface area contributed by atoms with E-state index in [1.54, 1.807) is 32.0 Å². The molecule has 4 aromatic rings. The summed E-state index contributed by atoms with van der Waals surface area (Å²) >= 11 is 0. The number of aliphatic imine (C=N–C) groups is 1. The molecule has 5 amide bonds. The van der Waals surface area contributed by atoms with Crippen molar-refractivity contribution in [2.75, 3.05) is 46.4 Å². The summed E-state index contributed by atoms with van der Waals surface area (Å²) in [6.45, 7) is 9.29. The number of nitrogens with one attached hydrogen (secondary N) is 5. The van der Waals surface area contributed by atoms with Crippen LogP contribution in [0, 0.1) is 25.2 Å². The van der Waals surface area contributed by atoms with Gasteiger partial charge in [0, 0.05) is 43.2 Å². The zero-order valence-corrected chi connectivity index (χ0v) is 42.3. The first-order chi connectivity index (χ1) is 34.3. The van der Waals surface area contributed by atoms with Crippen molar-refractivity contribution < 1.29 is 47.0 Å². The Morgan fingerprint density at radius 2 is 1.63 bits per heavy atom. The third kappa shape index (κ3) is 14.6. The minimum atomic E-state index is -4.50. The molecule has 2 heterocycles. The van der Waals surface area contributed by atoms with Crippen LogP contribution in [0.2, 0.25) is 0 Å². The number of amides is 5. The maximum absolute atomic E-state index is 15.0. The van der Waals surface area contributed by atoms with E-state index in [1.807, 2.05) is 35.1 Å². The normalized spacial score (nSPS) is 16.3. The summed E-state index contributed by atoms with van der Waals surface area (Å²) in [5.74, 6) is -4.96. The van der Waals surface area contributed by atoms with Gasteiger partial charge in [-0.3, -0.25) is 29.0 Å². The monoisotopic (exact) mass is 1030 g/mol. The van der Waals surface area contributed by atoms with Crippen molar-refractivity contribution in [1.82, 2.24) is 40.9 Å². The van der Waals surface area contributed by atoms with Gasteiger partial charge in [0.15, 0.2) is 23.3 Å². The largest absolute Gasteiger partial charge is 0.504 e. The van der Waals surface area contributed by atoms with Crippen molar-refractivity contribution in [3.8, 4) is 45.8 Å². The van der Waals surface area contributed by atoms with Crippen molar-refractivity contribution in [2.45, 2.75) is 77.5 Å². The van der Waals surface area contributed by atoms with Gasteiger partial charge in [-0.15, -0.1) is 0 Å². The zero-order chi connectivity index (χ0) is 53.9. The van der Waals surface area contributed by atoms with Gasteiger partial charge in [0.2, 0.25) is 23.6 Å². The maximum atomic E-state index is 15.0. The number of carbonyl (C=O) groups is 5. The summed E-state index contributed by atoms with van der Waals surface area (Å²) in [7, 11) is -3.31. The second kappa shape index (κ2) is 24.0. The third-order valence-corrected chi connectivity index (χ3v) is 12.1. The Labute approximate surface area is 422 Å². The first-order valence-corrected chi connectivity index (χ1v) is 24.5. The van der Waals surface area contributed by atoms with Crippen molar-refractivity contribution in [2.24, 2.45) is 27.3 Å². The molecule has 390 valence electrons. The summed E-state index contributed by atoms with van der Waals surface area (Å²) in [6.07, 6.45) is -0.142. The molecule has 4 atom stereocenters. The first-order valence-electron chi connectivity index (χ1n) is 22.9. The number of phenols is 1. The molecule has 4 bridgehead atoms. The molecule has 24 nitrogen and oxygen atoms in total. The Kier molecular flexibility index (Phi) is 18.4. The van der Waals surface area contributed by atoms with Crippen LogP contribution in [0.4, 0.5) is 0 Å². The van der Waals surface area contributed by atoms with E-state index in [0.29, 0.717) is 17.0 Å². The molecule has 73 heavy (non-hydrogen) atoms. The van der Waals surface area contributed by atoms with Crippen LogP contribution in [0.3, 0.4) is 0 Å². The van der Waals surface area contributed by atoms with Crippen LogP contribution in [-0.4, -0.2) is 128 Å². The van der Waals surface area contributed by atoms with Crippen LogP contribution in [0.25, 0.3) is 22.5 Å². The number of nitriles is 1. The smallest absolute Gasteiger partial charge is 0.274 e. The number of carbonyl (C=O) groups excluding carboxylic acids is 5. The Bertz CT molecular complexity index is 2890. The van der Waals surface area contributed by atoms with E-state index < -0.39 is 76.2 Å². The quantitative estimate of drug-likeness (QED) is 0.0281. The first kappa shape index (κ1) is 56.0. The van der Waals surface area contributed by atoms with Crippen LogP contribution in [0.1, 0.15) is 72.2 Å². The molecule has 0 saturated heterocycles. The van der Waals surface area contributed by atoms with Gasteiger partial charge in [-0.2, -0.15) is 18.4 Å². The number of hydrogen-bond acceptors (Lipinski definition) is 15. The van der Waals surface area contributed by atoms with Crippen LogP contribution in [0.5, 0.6) is 17.2 Å². The summed E-state index contributed by atoms with van der Waals surface area (Å²) in [5, 5.41) is 36.7. The van der Waals surface area contributed by atoms with Crippen molar-refractivity contribution in [1.29, 1.82) is 5.26 Å². The van der Waals surface area contributed by atoms with Crippen LogP contribution in [0.15, 0.2) is 59.6 Å². The Hall–Kier alpha value is -7.92. The van der Waals surface area contributed by atoms with E-state index in [-0.39, 0.29) is 95.8 Å². The molecule has 0 unspecified atom stereocenters. The topological polar surface area (TPSA) is 388 Å². The highest BCUT2D eigenvalue weighted by molar-refractivity contribution is 7.87. The van der Waals surface area contributed by atoms with Gasteiger partial charge in [-0.1, -0.05) is 51.1 Å². The van der Waals surface area contributed by atoms with Crippen molar-refractivity contribution in [3.05, 3.63) is 88.2 Å². The van der Waals surface area contributed by atoms with Crippen LogP contribution < -0.4 is 57.8 Å². The van der Waals surface area contributed by atoms with Gasteiger partial charge in [-0.05, 0) is 67.1 Å². The molecule has 3 aromatic carbocycles. The van der Waals surface area contributed by atoms with Gasteiger partial charge < -0.3 is 57.9 Å². The summed E-state index contributed by atoms with van der Waals surface area (Å²) < 4.78 is 38.7. The van der Waals surface area contributed by atoms with Gasteiger partial charge in [0.1, 0.15) is 49.7 Å². The number of ether oxygens (including phenoxy) is 2. The predicted octanol–water partition coefficient (Wildman–Crippen LogP) is -0.303.